The van der Waals surface area contributed by atoms with E-state index in [9.17, 15) is 4.79 Å². The fourth-order valence-electron chi connectivity index (χ4n) is 1.85. The molecule has 0 saturated carbocycles. The molecule has 0 aliphatic rings. The summed E-state index contributed by atoms with van der Waals surface area (Å²) in [6, 6.07) is 9.88. The first-order valence-electron chi connectivity index (χ1n) is 5.92. The van der Waals surface area contributed by atoms with Gasteiger partial charge in [0.1, 0.15) is 6.04 Å². The average Bonchev–Trinajstić information content (AvgIpc) is 2.81. The number of aromatic nitrogens is 1. The second-order valence-corrected chi connectivity index (χ2v) is 6.79. The zero-order chi connectivity index (χ0) is 14.8. The Hall–Kier alpha value is -1.16. The molecule has 6 heteroatoms. The number of carbonyl (C=O) groups excluding carboxylic acids is 1. The summed E-state index contributed by atoms with van der Waals surface area (Å²) in [4.78, 5) is 12.2. The Balaban J connectivity index is 2.24. The Labute approximate surface area is 132 Å². The quantitative estimate of drug-likeness (QED) is 0.851. The predicted octanol–water partition coefficient (Wildman–Crippen LogP) is 3.87. The van der Waals surface area contributed by atoms with Gasteiger partial charge in [-0.3, -0.25) is 4.79 Å². The third-order valence-electron chi connectivity index (χ3n) is 2.83. The van der Waals surface area contributed by atoms with Crippen molar-refractivity contribution in [2.75, 3.05) is 0 Å². The fraction of sp³-hybridized carbons (Fsp3) is 0.214. The summed E-state index contributed by atoms with van der Waals surface area (Å²) in [5.74, 6) is -0.286. The number of alkyl halides is 3. The Morgan fingerprint density at radius 1 is 1.20 bits per heavy atom. The molecule has 1 heterocycles. The van der Waals surface area contributed by atoms with Gasteiger partial charge in [0.05, 0.1) is 0 Å². The Kier molecular flexibility index (Phi) is 4.63. The van der Waals surface area contributed by atoms with E-state index in [-0.39, 0.29) is 5.91 Å². The molecular formula is C14H13Cl3N2O. The lowest BCUT2D eigenvalue weighted by molar-refractivity contribution is 0.0937. The smallest absolute Gasteiger partial charge is 0.251 e. The second-order valence-electron chi connectivity index (χ2n) is 4.42. The molecule has 0 fully saturated rings. The van der Waals surface area contributed by atoms with Gasteiger partial charge in [-0.05, 0) is 23.8 Å². The second kappa shape index (κ2) is 6.08. The molecule has 1 N–H and O–H groups in total. The molecule has 1 aromatic heterocycles. The highest BCUT2D eigenvalue weighted by Crippen LogP contribution is 2.40. The van der Waals surface area contributed by atoms with Crippen molar-refractivity contribution >= 4 is 40.7 Å². The van der Waals surface area contributed by atoms with Crippen molar-refractivity contribution < 1.29 is 4.79 Å². The van der Waals surface area contributed by atoms with Crippen LogP contribution in [0.1, 0.15) is 22.0 Å². The molecule has 0 radical (unpaired) electrons. The Morgan fingerprint density at radius 3 is 2.35 bits per heavy atom. The lowest BCUT2D eigenvalue weighted by atomic mass is 10.1. The molecule has 3 nitrogen and oxygen atoms in total. The minimum atomic E-state index is -1.63. The monoisotopic (exact) mass is 330 g/mol. The molecule has 0 bridgehead atoms. The average molecular weight is 332 g/mol. The molecule has 0 aliphatic heterocycles. The van der Waals surface area contributed by atoms with Gasteiger partial charge in [-0.2, -0.15) is 0 Å². The number of nitrogens with zero attached hydrogens (tertiary/aromatic N) is 1. The van der Waals surface area contributed by atoms with Crippen LogP contribution in [0.25, 0.3) is 0 Å². The van der Waals surface area contributed by atoms with Crippen molar-refractivity contribution in [3.05, 3.63) is 59.9 Å². The van der Waals surface area contributed by atoms with E-state index in [1.807, 2.05) is 23.9 Å². The van der Waals surface area contributed by atoms with E-state index in [0.717, 1.165) is 5.56 Å². The normalized spacial score (nSPS) is 13.0. The molecule has 1 amide bonds. The maximum Gasteiger partial charge on any atom is 0.251 e. The highest BCUT2D eigenvalue weighted by Gasteiger charge is 2.35. The van der Waals surface area contributed by atoms with Crippen LogP contribution in [0.3, 0.4) is 0 Å². The van der Waals surface area contributed by atoms with Crippen LogP contribution in [-0.2, 0) is 7.05 Å². The van der Waals surface area contributed by atoms with Crippen LogP contribution in [-0.4, -0.2) is 14.3 Å². The van der Waals surface area contributed by atoms with Crippen LogP contribution >= 0.6 is 34.8 Å². The van der Waals surface area contributed by atoms with E-state index in [1.54, 1.807) is 36.5 Å². The first-order chi connectivity index (χ1) is 9.38. The van der Waals surface area contributed by atoms with Crippen LogP contribution in [0, 0.1) is 0 Å². The largest absolute Gasteiger partial charge is 0.357 e. The summed E-state index contributed by atoms with van der Waals surface area (Å²) in [5, 5.41) is 2.75. The summed E-state index contributed by atoms with van der Waals surface area (Å²) >= 11 is 17.9. The van der Waals surface area contributed by atoms with Crippen LogP contribution in [0.5, 0.6) is 0 Å². The highest BCUT2D eigenvalue weighted by atomic mass is 35.6. The molecule has 0 unspecified atom stereocenters. The topological polar surface area (TPSA) is 34.0 Å². The van der Waals surface area contributed by atoms with Gasteiger partial charge in [0, 0.05) is 25.0 Å². The van der Waals surface area contributed by atoms with Gasteiger partial charge in [0.2, 0.25) is 3.79 Å². The molecule has 2 rings (SSSR count). The maximum atomic E-state index is 12.2. The van der Waals surface area contributed by atoms with Gasteiger partial charge in [-0.15, -0.1) is 0 Å². The van der Waals surface area contributed by atoms with Crippen LogP contribution in [0.15, 0.2) is 48.8 Å². The SMILES string of the molecule is Cn1ccc([C@H](NC(=O)c2ccccc2)C(Cl)(Cl)Cl)c1. The van der Waals surface area contributed by atoms with Crippen LogP contribution in [0.2, 0.25) is 0 Å². The summed E-state index contributed by atoms with van der Waals surface area (Å²) in [5.41, 5.74) is 1.25. The van der Waals surface area contributed by atoms with E-state index in [4.69, 9.17) is 34.8 Å². The summed E-state index contributed by atoms with van der Waals surface area (Å²) < 4.78 is 0.194. The van der Waals surface area contributed by atoms with Gasteiger partial charge in [0.15, 0.2) is 0 Å². The summed E-state index contributed by atoms with van der Waals surface area (Å²) in [7, 11) is 1.86. The maximum absolute atomic E-state index is 12.2. The lowest BCUT2D eigenvalue weighted by Gasteiger charge is -2.25. The number of rotatable bonds is 3. The third kappa shape index (κ3) is 3.69. The third-order valence-corrected chi connectivity index (χ3v) is 3.48. The Morgan fingerprint density at radius 2 is 1.85 bits per heavy atom. The molecule has 1 atom stereocenters. The predicted molar refractivity (Wildman–Crippen MR) is 82.4 cm³/mol. The summed E-state index contributed by atoms with van der Waals surface area (Å²) in [6.45, 7) is 0. The van der Waals surface area contributed by atoms with Gasteiger partial charge < -0.3 is 9.88 Å². The van der Waals surface area contributed by atoms with Gasteiger partial charge in [-0.1, -0.05) is 53.0 Å². The van der Waals surface area contributed by atoms with Crippen LogP contribution < -0.4 is 5.32 Å². The molecule has 1 aromatic carbocycles. The molecular weight excluding hydrogens is 319 g/mol. The Bertz CT molecular complexity index is 590. The minimum absolute atomic E-state index is 0.286. The zero-order valence-corrected chi connectivity index (χ0v) is 13.0. The number of aryl methyl sites for hydroxylation is 1. The van der Waals surface area contributed by atoms with Crippen LogP contribution in [0.4, 0.5) is 0 Å². The number of hydrogen-bond donors (Lipinski definition) is 1. The van der Waals surface area contributed by atoms with Gasteiger partial charge >= 0.3 is 0 Å². The minimum Gasteiger partial charge on any atom is -0.357 e. The molecule has 0 spiro atoms. The molecule has 0 saturated heterocycles. The van der Waals surface area contributed by atoms with E-state index >= 15 is 0 Å². The van der Waals surface area contributed by atoms with Crippen molar-refractivity contribution in [1.29, 1.82) is 0 Å². The van der Waals surface area contributed by atoms with Crippen molar-refractivity contribution in [2.45, 2.75) is 9.83 Å². The standard InChI is InChI=1S/C14H13Cl3N2O/c1-19-8-7-11(9-19)12(14(15,16)17)18-13(20)10-5-3-2-4-6-10/h2-9,12H,1H3,(H,18,20)/t12-/m0/s1. The number of nitrogens with one attached hydrogen (secondary N) is 1. The van der Waals surface area contributed by atoms with E-state index < -0.39 is 9.83 Å². The zero-order valence-electron chi connectivity index (χ0n) is 10.7. The molecule has 0 aliphatic carbocycles. The van der Waals surface area contributed by atoms with Gasteiger partial charge in [-0.25, -0.2) is 0 Å². The van der Waals surface area contributed by atoms with E-state index in [1.165, 1.54) is 0 Å². The van der Waals surface area contributed by atoms with Crippen molar-refractivity contribution in [3.8, 4) is 0 Å². The number of hydrogen-bond acceptors (Lipinski definition) is 1. The van der Waals surface area contributed by atoms with Gasteiger partial charge in [0.25, 0.3) is 5.91 Å². The number of carbonyl (C=O) groups is 1. The molecule has 2 aromatic rings. The number of benzene rings is 1. The first-order valence-corrected chi connectivity index (χ1v) is 7.06. The van der Waals surface area contributed by atoms with Crippen molar-refractivity contribution in [2.24, 2.45) is 7.05 Å². The number of halogens is 3. The van der Waals surface area contributed by atoms with Crippen molar-refractivity contribution in [1.82, 2.24) is 9.88 Å². The lowest BCUT2D eigenvalue weighted by Crippen LogP contribution is -2.36. The van der Waals surface area contributed by atoms with Crippen molar-refractivity contribution in [3.63, 3.8) is 0 Å². The summed E-state index contributed by atoms with van der Waals surface area (Å²) in [6.07, 6.45) is 3.63. The fourth-order valence-corrected chi connectivity index (χ4v) is 2.40. The first kappa shape index (κ1) is 15.2. The van der Waals surface area contributed by atoms with E-state index in [2.05, 4.69) is 5.32 Å². The molecule has 20 heavy (non-hydrogen) atoms. The van der Waals surface area contributed by atoms with E-state index in [0.29, 0.717) is 5.56 Å². The number of amides is 1. The molecule has 106 valence electrons. The highest BCUT2D eigenvalue weighted by molar-refractivity contribution is 6.68.